The fourth-order valence-corrected chi connectivity index (χ4v) is 29.2. The summed E-state index contributed by atoms with van der Waals surface area (Å²) < 4.78 is 11.4. The van der Waals surface area contributed by atoms with Crippen molar-refractivity contribution in [3.05, 3.63) is 46.6 Å². The van der Waals surface area contributed by atoms with E-state index in [1.54, 1.807) is 11.1 Å². The van der Waals surface area contributed by atoms with E-state index in [9.17, 15) is 0 Å². The molecule has 25 heavy (non-hydrogen) atoms. The van der Waals surface area contributed by atoms with Crippen LogP contribution in [0.4, 0.5) is 0 Å². The van der Waals surface area contributed by atoms with Crippen molar-refractivity contribution in [2.75, 3.05) is 6.61 Å². The zero-order valence-electron chi connectivity index (χ0n) is 15.6. The Morgan fingerprint density at radius 2 is 1.32 bits per heavy atom. The summed E-state index contributed by atoms with van der Waals surface area (Å²) in [6.07, 6.45) is 21.2. The molecule has 4 aliphatic carbocycles. The molecule has 2 atom stereocenters. The van der Waals surface area contributed by atoms with E-state index in [1.807, 2.05) is 11.1 Å². The van der Waals surface area contributed by atoms with Crippen molar-refractivity contribution >= 4 is 12.4 Å². The van der Waals surface area contributed by atoms with Crippen LogP contribution in [0.15, 0.2) is 46.6 Å². The van der Waals surface area contributed by atoms with Crippen molar-refractivity contribution in [1.82, 2.24) is 0 Å². The van der Waals surface area contributed by atoms with E-state index < -0.39 is 19.2 Å². The molecule has 1 fully saturated rings. The van der Waals surface area contributed by atoms with Gasteiger partial charge in [-0.2, -0.15) is 0 Å². The molecule has 0 saturated carbocycles. The normalized spacial score (nSPS) is 35.6. The van der Waals surface area contributed by atoms with Gasteiger partial charge in [0.2, 0.25) is 0 Å². The molecule has 0 N–H and O–H groups in total. The largest absolute Gasteiger partial charge is 0.147 e. The van der Waals surface area contributed by atoms with Crippen LogP contribution in [0.5, 0.6) is 0 Å². The average molecular weight is 439 g/mol. The maximum atomic E-state index is 7.03. The van der Waals surface area contributed by atoms with Crippen LogP contribution in [0.25, 0.3) is 0 Å². The summed E-state index contributed by atoms with van der Waals surface area (Å²) in [5.74, 6) is 0. The zero-order valence-corrected chi connectivity index (χ0v) is 18.8. The smallest absolute Gasteiger partial charge is 0.147 e. The minimum absolute atomic E-state index is 0. The average Bonchev–Trinajstić information content (AvgIpc) is 3.01. The van der Waals surface area contributed by atoms with Crippen LogP contribution in [0.3, 0.4) is 0 Å². The van der Waals surface area contributed by atoms with Crippen molar-refractivity contribution in [2.24, 2.45) is 0 Å². The van der Waals surface area contributed by atoms with Crippen molar-refractivity contribution in [3.8, 4) is 0 Å². The Labute approximate surface area is 160 Å². The third-order valence-electron chi connectivity index (χ3n) is 7.88. The third-order valence-corrected chi connectivity index (χ3v) is 25.5. The van der Waals surface area contributed by atoms with Crippen LogP contribution in [-0.2, 0) is 22.0 Å². The first-order chi connectivity index (χ1) is 11.8. The number of halogens is 1. The number of hydrogen-bond donors (Lipinski definition) is 0. The maximum Gasteiger partial charge on any atom is -0.147 e. The summed E-state index contributed by atoms with van der Waals surface area (Å²) in [7, 11) is 0. The van der Waals surface area contributed by atoms with Crippen LogP contribution in [0.2, 0.25) is 15.5 Å². The molecule has 0 spiro atoms. The summed E-state index contributed by atoms with van der Waals surface area (Å²) >= 11 is -3.23. The predicted molar refractivity (Wildman–Crippen MR) is 105 cm³/mol. The monoisotopic (exact) mass is 437 g/mol. The molecular formula is C22H32ClOZr. The van der Waals surface area contributed by atoms with Gasteiger partial charge in [0.25, 0.3) is 0 Å². The number of rotatable bonds is 4. The van der Waals surface area contributed by atoms with Crippen LogP contribution in [0, 0.1) is 0 Å². The quantitative estimate of drug-likeness (QED) is 0.445. The molecule has 0 radical (unpaired) electrons. The molecule has 0 bridgehead atoms. The van der Waals surface area contributed by atoms with Crippen molar-refractivity contribution < 1.29 is 22.0 Å². The SMILES string of the molecule is CC[O][Zr]1([CH]2C=CC3=C2CCCC3)([CH]2C=CC3=C2CCCC3)[CH2][CH2]1.Cl. The first kappa shape index (κ1) is 18.5. The van der Waals surface area contributed by atoms with Crippen LogP contribution < -0.4 is 0 Å². The molecule has 0 aromatic rings. The van der Waals surface area contributed by atoms with Crippen molar-refractivity contribution in [3.63, 3.8) is 0 Å². The van der Waals surface area contributed by atoms with Crippen LogP contribution >= 0.6 is 12.4 Å². The van der Waals surface area contributed by atoms with Gasteiger partial charge in [-0.25, -0.2) is 0 Å². The second-order valence-electron chi connectivity index (χ2n) is 8.88. The molecule has 0 aromatic heterocycles. The molecule has 1 heterocycles. The van der Waals surface area contributed by atoms with Crippen LogP contribution in [-0.4, -0.2) is 6.61 Å². The second-order valence-corrected chi connectivity index (χ2v) is 23.7. The van der Waals surface area contributed by atoms with Crippen molar-refractivity contribution in [1.29, 1.82) is 0 Å². The fraction of sp³-hybridized carbons (Fsp3) is 0.636. The van der Waals surface area contributed by atoms with E-state index in [0.717, 1.165) is 13.9 Å². The fourth-order valence-electron chi connectivity index (χ4n) is 6.66. The molecule has 2 unspecified atom stereocenters. The van der Waals surface area contributed by atoms with Gasteiger partial charge in [0, 0.05) is 0 Å². The first-order valence-corrected chi connectivity index (χ1v) is 17.7. The molecule has 5 rings (SSSR count). The summed E-state index contributed by atoms with van der Waals surface area (Å²) in [5.41, 5.74) is 7.06. The minimum Gasteiger partial charge on any atom is -0.147 e. The number of allylic oxidation sites excluding steroid dienone is 8. The molecule has 5 aliphatic rings. The van der Waals surface area contributed by atoms with E-state index in [-0.39, 0.29) is 12.4 Å². The van der Waals surface area contributed by atoms with Crippen molar-refractivity contribution in [2.45, 2.75) is 73.8 Å². The molecule has 0 amide bonds. The summed E-state index contributed by atoms with van der Waals surface area (Å²) in [4.78, 5) is 0. The van der Waals surface area contributed by atoms with Gasteiger partial charge >= 0.3 is 149 Å². The summed E-state index contributed by atoms with van der Waals surface area (Å²) in [5, 5.41) is 0. The van der Waals surface area contributed by atoms with Crippen LogP contribution in [0.1, 0.15) is 58.3 Å². The van der Waals surface area contributed by atoms with Gasteiger partial charge in [0.05, 0.1) is 0 Å². The van der Waals surface area contributed by atoms with E-state index >= 15 is 0 Å². The van der Waals surface area contributed by atoms with Gasteiger partial charge in [-0.05, 0) is 0 Å². The van der Waals surface area contributed by atoms with Gasteiger partial charge in [0.1, 0.15) is 0 Å². The summed E-state index contributed by atoms with van der Waals surface area (Å²) in [6.45, 7) is 3.19. The third kappa shape index (κ3) is 2.54. The summed E-state index contributed by atoms with van der Waals surface area (Å²) in [6, 6.07) is 0. The Morgan fingerprint density at radius 3 is 1.76 bits per heavy atom. The van der Waals surface area contributed by atoms with E-state index in [1.165, 1.54) is 59.6 Å². The Balaban J connectivity index is 0.00000157. The topological polar surface area (TPSA) is 9.23 Å². The van der Waals surface area contributed by atoms with Gasteiger partial charge in [-0.1, -0.05) is 0 Å². The zero-order chi connectivity index (χ0) is 16.2. The standard InChI is InChI=1S/2C9H11.C2H5O.C2H4.ClH.Zr/c2*1-2-5-9-7-3-6-8(9)4-1;1-2-3;1-2;;/h2*3,6-7H,1-2,4-5H2;2H2,1H3;1-2H2;1H;/q;;-1;;;+1. The second kappa shape index (κ2) is 6.61. The molecule has 1 aliphatic heterocycles. The Bertz CT molecular complexity index is 643. The van der Waals surface area contributed by atoms with E-state index in [2.05, 4.69) is 31.2 Å². The molecule has 1 nitrogen and oxygen atoms in total. The van der Waals surface area contributed by atoms with E-state index in [0.29, 0.717) is 0 Å². The van der Waals surface area contributed by atoms with E-state index in [4.69, 9.17) is 2.81 Å². The number of hydrogen-bond acceptors (Lipinski definition) is 1. The Kier molecular flexibility index (Phi) is 4.88. The van der Waals surface area contributed by atoms with Gasteiger partial charge < -0.3 is 0 Å². The molecule has 1 saturated heterocycles. The van der Waals surface area contributed by atoms with Gasteiger partial charge in [0.15, 0.2) is 0 Å². The van der Waals surface area contributed by atoms with Gasteiger partial charge in [-0.3, -0.25) is 0 Å². The minimum atomic E-state index is -3.23. The maximum absolute atomic E-state index is 7.03. The predicted octanol–water partition coefficient (Wildman–Crippen LogP) is 7.36. The first-order valence-electron chi connectivity index (χ1n) is 10.4. The molecule has 0 aromatic carbocycles. The Hall–Kier alpha value is 0.0931. The molecular weight excluding hydrogens is 407 g/mol. The molecule has 3 heteroatoms. The molecule has 137 valence electrons. The van der Waals surface area contributed by atoms with Gasteiger partial charge in [-0.15, -0.1) is 12.4 Å². The Morgan fingerprint density at radius 1 is 0.840 bits per heavy atom.